The van der Waals surface area contributed by atoms with Gasteiger partial charge in [-0.25, -0.2) is 0 Å². The average Bonchev–Trinajstić information content (AvgIpc) is 2.54. The third-order valence-corrected chi connectivity index (χ3v) is 3.21. The van der Waals surface area contributed by atoms with Gasteiger partial charge in [0.1, 0.15) is 5.75 Å². The van der Waals surface area contributed by atoms with Gasteiger partial charge in [0.2, 0.25) is 0 Å². The molecule has 0 bridgehead atoms. The Morgan fingerprint density at radius 3 is 2.50 bits per heavy atom. The molecule has 2 aromatic carbocycles. The summed E-state index contributed by atoms with van der Waals surface area (Å²) in [6.07, 6.45) is -4.46. The van der Waals surface area contributed by atoms with E-state index in [0.717, 1.165) is 12.1 Å². The summed E-state index contributed by atoms with van der Waals surface area (Å²) in [5.74, 6) is -0.00205. The number of carbonyl (C=O) groups excluding carboxylic acids is 1. The molecule has 0 unspecified atom stereocenters. The molecular formula is C16H13F3N2O2S. The van der Waals surface area contributed by atoms with E-state index in [4.69, 9.17) is 17.0 Å². The predicted molar refractivity (Wildman–Crippen MR) is 88.1 cm³/mol. The number of benzene rings is 2. The highest BCUT2D eigenvalue weighted by atomic mass is 32.1. The Hall–Kier alpha value is -2.61. The highest BCUT2D eigenvalue weighted by Gasteiger charge is 2.30. The standard InChI is InChI=1S/C16H13F3N2O2S/c1-23-13-7-2-4-10(8-13)14(22)21-15(24)20-12-6-3-5-11(9-12)16(17,18)19/h2-9H,1H3,(H2,20,21,22,24). The molecule has 0 aliphatic rings. The largest absolute Gasteiger partial charge is 0.497 e. The highest BCUT2D eigenvalue weighted by molar-refractivity contribution is 7.80. The van der Waals surface area contributed by atoms with Gasteiger partial charge in [-0.15, -0.1) is 0 Å². The van der Waals surface area contributed by atoms with E-state index < -0.39 is 17.6 Å². The summed E-state index contributed by atoms with van der Waals surface area (Å²) in [5.41, 5.74) is -0.377. The first-order chi connectivity index (χ1) is 11.3. The van der Waals surface area contributed by atoms with E-state index in [2.05, 4.69) is 10.6 Å². The van der Waals surface area contributed by atoms with Crippen LogP contribution in [0.1, 0.15) is 15.9 Å². The van der Waals surface area contributed by atoms with E-state index in [1.54, 1.807) is 18.2 Å². The maximum atomic E-state index is 12.7. The average molecular weight is 354 g/mol. The molecule has 0 spiro atoms. The molecule has 0 heterocycles. The van der Waals surface area contributed by atoms with Gasteiger partial charge in [-0.05, 0) is 48.6 Å². The zero-order chi connectivity index (χ0) is 17.7. The Labute approximate surface area is 141 Å². The minimum Gasteiger partial charge on any atom is -0.497 e. The molecule has 2 N–H and O–H groups in total. The summed E-state index contributed by atoms with van der Waals surface area (Å²) in [4.78, 5) is 12.1. The van der Waals surface area contributed by atoms with Crippen LogP contribution >= 0.6 is 12.2 Å². The van der Waals surface area contributed by atoms with Crippen LogP contribution in [0.2, 0.25) is 0 Å². The van der Waals surface area contributed by atoms with Crippen molar-refractivity contribution < 1.29 is 22.7 Å². The van der Waals surface area contributed by atoms with Gasteiger partial charge in [0, 0.05) is 11.3 Å². The number of alkyl halides is 3. The topological polar surface area (TPSA) is 50.4 Å². The zero-order valence-corrected chi connectivity index (χ0v) is 13.3. The maximum Gasteiger partial charge on any atom is 0.416 e. The van der Waals surface area contributed by atoms with Crippen LogP contribution in [-0.4, -0.2) is 18.1 Å². The van der Waals surface area contributed by atoms with Gasteiger partial charge in [-0.2, -0.15) is 13.2 Å². The van der Waals surface area contributed by atoms with Crippen LogP contribution in [0.4, 0.5) is 18.9 Å². The van der Waals surface area contributed by atoms with Gasteiger partial charge in [0.05, 0.1) is 12.7 Å². The van der Waals surface area contributed by atoms with E-state index >= 15 is 0 Å². The quantitative estimate of drug-likeness (QED) is 0.823. The Kier molecular flexibility index (Phi) is 5.40. The summed E-state index contributed by atoms with van der Waals surface area (Å²) in [7, 11) is 1.47. The van der Waals surface area contributed by atoms with Crippen LogP contribution in [0.3, 0.4) is 0 Å². The van der Waals surface area contributed by atoms with Crippen molar-refractivity contribution in [1.82, 2.24) is 5.32 Å². The van der Waals surface area contributed by atoms with Crippen molar-refractivity contribution in [3.05, 3.63) is 59.7 Å². The summed E-state index contributed by atoms with van der Waals surface area (Å²) in [6.45, 7) is 0. The van der Waals surface area contributed by atoms with Crippen LogP contribution in [0.5, 0.6) is 5.75 Å². The third-order valence-electron chi connectivity index (χ3n) is 3.01. The Bertz CT molecular complexity index is 763. The van der Waals surface area contributed by atoms with Gasteiger partial charge in [0.25, 0.3) is 5.91 Å². The van der Waals surface area contributed by atoms with E-state index in [1.165, 1.54) is 25.3 Å². The molecule has 1 amide bonds. The molecule has 0 aliphatic carbocycles. The molecule has 0 atom stereocenters. The molecular weight excluding hydrogens is 341 g/mol. The Morgan fingerprint density at radius 1 is 1.12 bits per heavy atom. The van der Waals surface area contributed by atoms with Crippen molar-refractivity contribution >= 4 is 28.9 Å². The van der Waals surface area contributed by atoms with Crippen LogP contribution in [0.15, 0.2) is 48.5 Å². The SMILES string of the molecule is COc1cccc(C(=O)NC(=S)Nc2cccc(C(F)(F)F)c2)c1. The number of halogens is 3. The summed E-state index contributed by atoms with van der Waals surface area (Å²) in [6, 6.07) is 10.9. The van der Waals surface area contributed by atoms with Gasteiger partial charge in [0.15, 0.2) is 5.11 Å². The molecule has 0 aliphatic heterocycles. The fourth-order valence-electron chi connectivity index (χ4n) is 1.88. The zero-order valence-electron chi connectivity index (χ0n) is 12.5. The second-order valence-electron chi connectivity index (χ2n) is 4.72. The summed E-state index contributed by atoms with van der Waals surface area (Å²) >= 11 is 4.95. The second kappa shape index (κ2) is 7.31. The number of hydrogen-bond acceptors (Lipinski definition) is 3. The molecule has 4 nitrogen and oxygen atoms in total. The monoisotopic (exact) mass is 354 g/mol. The summed E-state index contributed by atoms with van der Waals surface area (Å²) in [5, 5.41) is 4.84. The number of nitrogens with one attached hydrogen (secondary N) is 2. The molecule has 0 fully saturated rings. The number of thiocarbonyl (C=S) groups is 1. The van der Waals surface area contributed by atoms with Crippen LogP contribution in [0, 0.1) is 0 Å². The minimum absolute atomic E-state index is 0.109. The van der Waals surface area contributed by atoms with Gasteiger partial charge >= 0.3 is 6.18 Å². The van der Waals surface area contributed by atoms with E-state index in [9.17, 15) is 18.0 Å². The molecule has 8 heteroatoms. The van der Waals surface area contributed by atoms with Crippen molar-refractivity contribution in [2.75, 3.05) is 12.4 Å². The van der Waals surface area contributed by atoms with E-state index in [0.29, 0.717) is 11.3 Å². The number of amides is 1. The van der Waals surface area contributed by atoms with Crippen molar-refractivity contribution in [2.45, 2.75) is 6.18 Å². The van der Waals surface area contributed by atoms with Crippen molar-refractivity contribution in [2.24, 2.45) is 0 Å². The van der Waals surface area contributed by atoms with Crippen LogP contribution in [0.25, 0.3) is 0 Å². The molecule has 2 rings (SSSR count). The molecule has 0 aromatic heterocycles. The minimum atomic E-state index is -4.46. The first kappa shape index (κ1) is 17.7. The summed E-state index contributed by atoms with van der Waals surface area (Å²) < 4.78 is 43.0. The number of carbonyl (C=O) groups is 1. The van der Waals surface area contributed by atoms with E-state index in [1.807, 2.05) is 0 Å². The second-order valence-corrected chi connectivity index (χ2v) is 5.13. The first-order valence-corrected chi connectivity index (χ1v) is 7.14. The molecule has 0 saturated carbocycles. The van der Waals surface area contributed by atoms with Crippen LogP contribution in [-0.2, 0) is 6.18 Å². The Morgan fingerprint density at radius 2 is 1.83 bits per heavy atom. The molecule has 0 saturated heterocycles. The lowest BCUT2D eigenvalue weighted by Crippen LogP contribution is -2.34. The lowest BCUT2D eigenvalue weighted by molar-refractivity contribution is -0.137. The van der Waals surface area contributed by atoms with Gasteiger partial charge < -0.3 is 10.1 Å². The van der Waals surface area contributed by atoms with Crippen molar-refractivity contribution in [3.63, 3.8) is 0 Å². The highest BCUT2D eigenvalue weighted by Crippen LogP contribution is 2.30. The number of methoxy groups -OCH3 is 1. The molecule has 126 valence electrons. The molecule has 0 radical (unpaired) electrons. The molecule has 24 heavy (non-hydrogen) atoms. The van der Waals surface area contributed by atoms with E-state index in [-0.39, 0.29) is 10.8 Å². The van der Waals surface area contributed by atoms with Crippen molar-refractivity contribution in [1.29, 1.82) is 0 Å². The number of rotatable bonds is 3. The predicted octanol–water partition coefficient (Wildman–Crippen LogP) is 3.84. The Balaban J connectivity index is 2.04. The maximum absolute atomic E-state index is 12.7. The van der Waals surface area contributed by atoms with Crippen molar-refractivity contribution in [3.8, 4) is 5.75 Å². The smallest absolute Gasteiger partial charge is 0.416 e. The number of hydrogen-bond donors (Lipinski definition) is 2. The lowest BCUT2D eigenvalue weighted by atomic mass is 10.2. The fourth-order valence-corrected chi connectivity index (χ4v) is 2.09. The normalized spacial score (nSPS) is 10.8. The van der Waals surface area contributed by atoms with Crippen LogP contribution < -0.4 is 15.4 Å². The van der Waals surface area contributed by atoms with Gasteiger partial charge in [-0.3, -0.25) is 10.1 Å². The fraction of sp³-hybridized carbons (Fsp3) is 0.125. The number of ether oxygens (including phenoxy) is 1. The first-order valence-electron chi connectivity index (χ1n) is 6.73. The lowest BCUT2D eigenvalue weighted by Gasteiger charge is -2.12. The van der Waals surface area contributed by atoms with Gasteiger partial charge in [-0.1, -0.05) is 12.1 Å². The molecule has 2 aromatic rings. The third kappa shape index (κ3) is 4.69. The number of anilines is 1.